The average Bonchev–Trinajstić information content (AvgIpc) is 2.86. The number of hydrogen-bond acceptors (Lipinski definition) is 3. The summed E-state index contributed by atoms with van der Waals surface area (Å²) < 4.78 is 1.19. The van der Waals surface area contributed by atoms with E-state index in [1.54, 1.807) is 11.3 Å². The fraction of sp³-hybridized carbons (Fsp3) is 0.333. The molecule has 1 unspecified atom stereocenters. The zero-order valence-corrected chi connectivity index (χ0v) is 14.4. The van der Waals surface area contributed by atoms with Crippen molar-refractivity contribution >= 4 is 39.0 Å². The second kappa shape index (κ2) is 7.48. The van der Waals surface area contributed by atoms with E-state index in [9.17, 15) is 0 Å². The monoisotopic (exact) mass is 355 g/mol. The molecule has 1 atom stereocenters. The normalized spacial score (nSPS) is 12.6. The highest BCUT2D eigenvalue weighted by Crippen LogP contribution is 2.35. The number of hydrogen-bond donors (Lipinski definition) is 1. The summed E-state index contributed by atoms with van der Waals surface area (Å²) in [5, 5.41) is 3.67. The molecule has 2 rings (SSSR count). The Balaban J connectivity index is 2.36. The Morgan fingerprint density at radius 3 is 2.68 bits per heavy atom. The lowest BCUT2D eigenvalue weighted by atomic mass is 10.1. The average molecular weight is 356 g/mol. The molecular formula is C15H18BrNS2. The van der Waals surface area contributed by atoms with Gasteiger partial charge in [0, 0.05) is 9.77 Å². The number of thiophene rings is 1. The van der Waals surface area contributed by atoms with Crippen LogP contribution in [0.4, 0.5) is 0 Å². The molecule has 1 aromatic heterocycles. The van der Waals surface area contributed by atoms with Gasteiger partial charge in [-0.3, -0.25) is 0 Å². The molecule has 1 N–H and O–H groups in total. The van der Waals surface area contributed by atoms with Gasteiger partial charge < -0.3 is 5.32 Å². The molecule has 0 bridgehead atoms. The van der Waals surface area contributed by atoms with Crippen LogP contribution in [0.15, 0.2) is 45.1 Å². The number of rotatable bonds is 6. The smallest absolute Gasteiger partial charge is 0.0702 e. The first kappa shape index (κ1) is 15.1. The topological polar surface area (TPSA) is 12.0 Å². The minimum Gasteiger partial charge on any atom is -0.306 e. The number of halogens is 1. The summed E-state index contributed by atoms with van der Waals surface area (Å²) in [5.41, 5.74) is 1.37. The van der Waals surface area contributed by atoms with Crippen LogP contribution >= 0.6 is 39.0 Å². The van der Waals surface area contributed by atoms with Crippen LogP contribution in [0.3, 0.4) is 0 Å². The Labute approximate surface area is 131 Å². The zero-order valence-electron chi connectivity index (χ0n) is 11.2. The predicted molar refractivity (Wildman–Crippen MR) is 90.4 cm³/mol. The number of nitrogens with one attached hydrogen (secondary N) is 1. The van der Waals surface area contributed by atoms with Crippen LogP contribution in [0, 0.1) is 0 Å². The minimum absolute atomic E-state index is 0.292. The molecule has 0 aliphatic rings. The summed E-state index contributed by atoms with van der Waals surface area (Å²) in [6.45, 7) is 3.23. The highest BCUT2D eigenvalue weighted by molar-refractivity contribution is 9.11. The van der Waals surface area contributed by atoms with Crippen molar-refractivity contribution in [2.24, 2.45) is 0 Å². The summed E-state index contributed by atoms with van der Waals surface area (Å²) >= 11 is 7.18. The van der Waals surface area contributed by atoms with Gasteiger partial charge in [-0.2, -0.15) is 0 Å². The van der Waals surface area contributed by atoms with Crippen LogP contribution in [0.5, 0.6) is 0 Å². The molecule has 0 saturated carbocycles. The van der Waals surface area contributed by atoms with Crippen molar-refractivity contribution in [3.8, 4) is 0 Å². The summed E-state index contributed by atoms with van der Waals surface area (Å²) in [6, 6.07) is 13.3. The molecule has 1 heterocycles. The van der Waals surface area contributed by atoms with E-state index in [0.29, 0.717) is 6.04 Å². The molecule has 102 valence electrons. The molecule has 0 aliphatic heterocycles. The number of thioether (sulfide) groups is 1. The SMILES string of the molecule is CCCNC(c1ccc(Br)s1)c1ccccc1SC. The Hall–Kier alpha value is -0.290. The van der Waals surface area contributed by atoms with Crippen molar-refractivity contribution < 1.29 is 0 Å². The van der Waals surface area contributed by atoms with E-state index in [0.717, 1.165) is 13.0 Å². The van der Waals surface area contributed by atoms with Gasteiger partial charge in [0.2, 0.25) is 0 Å². The van der Waals surface area contributed by atoms with Crippen molar-refractivity contribution in [1.82, 2.24) is 5.32 Å². The van der Waals surface area contributed by atoms with Crippen LogP contribution in [-0.2, 0) is 0 Å². The Kier molecular flexibility index (Phi) is 5.95. The standard InChI is InChI=1S/C15H18BrNS2/c1-3-10-17-15(13-8-9-14(16)19-13)11-6-4-5-7-12(11)18-2/h4-9,15,17H,3,10H2,1-2H3. The first-order valence-corrected chi connectivity index (χ1v) is 9.21. The Morgan fingerprint density at radius 2 is 2.05 bits per heavy atom. The van der Waals surface area contributed by atoms with E-state index in [1.165, 1.54) is 19.1 Å². The third kappa shape index (κ3) is 3.85. The van der Waals surface area contributed by atoms with Gasteiger partial charge in [0.25, 0.3) is 0 Å². The lowest BCUT2D eigenvalue weighted by molar-refractivity contribution is 0.599. The highest BCUT2D eigenvalue weighted by atomic mass is 79.9. The van der Waals surface area contributed by atoms with Gasteiger partial charge in [0.05, 0.1) is 9.83 Å². The molecule has 2 aromatic rings. The fourth-order valence-corrected chi connectivity index (χ4v) is 4.20. The predicted octanol–water partition coefficient (Wildman–Crippen LogP) is 5.32. The summed E-state index contributed by atoms with van der Waals surface area (Å²) in [6.07, 6.45) is 3.28. The number of benzene rings is 1. The molecule has 19 heavy (non-hydrogen) atoms. The van der Waals surface area contributed by atoms with E-state index < -0.39 is 0 Å². The van der Waals surface area contributed by atoms with E-state index in [1.807, 2.05) is 11.8 Å². The van der Waals surface area contributed by atoms with Gasteiger partial charge in [0.1, 0.15) is 0 Å². The molecule has 0 aliphatic carbocycles. The van der Waals surface area contributed by atoms with E-state index in [4.69, 9.17) is 0 Å². The van der Waals surface area contributed by atoms with Gasteiger partial charge >= 0.3 is 0 Å². The Morgan fingerprint density at radius 1 is 1.26 bits per heavy atom. The maximum Gasteiger partial charge on any atom is 0.0702 e. The molecule has 1 nitrogen and oxygen atoms in total. The lowest BCUT2D eigenvalue weighted by Crippen LogP contribution is -2.22. The highest BCUT2D eigenvalue weighted by Gasteiger charge is 2.17. The van der Waals surface area contributed by atoms with Crippen LogP contribution in [0.25, 0.3) is 0 Å². The second-order valence-corrected chi connectivity index (χ2v) is 7.61. The zero-order chi connectivity index (χ0) is 13.7. The van der Waals surface area contributed by atoms with E-state index in [2.05, 4.69) is 70.8 Å². The van der Waals surface area contributed by atoms with E-state index >= 15 is 0 Å². The first-order chi connectivity index (χ1) is 9.26. The van der Waals surface area contributed by atoms with Crippen molar-refractivity contribution in [2.45, 2.75) is 24.3 Å². The van der Waals surface area contributed by atoms with Crippen LogP contribution in [0.2, 0.25) is 0 Å². The molecule has 0 spiro atoms. The molecule has 4 heteroatoms. The van der Waals surface area contributed by atoms with Crippen molar-refractivity contribution in [2.75, 3.05) is 12.8 Å². The molecule has 0 saturated heterocycles. The summed E-state index contributed by atoms with van der Waals surface area (Å²) in [7, 11) is 0. The molecular weight excluding hydrogens is 338 g/mol. The molecule has 0 radical (unpaired) electrons. The quantitative estimate of drug-likeness (QED) is 0.703. The summed E-state index contributed by atoms with van der Waals surface area (Å²) in [5.74, 6) is 0. The van der Waals surface area contributed by atoms with Crippen LogP contribution in [0.1, 0.15) is 29.8 Å². The molecule has 0 amide bonds. The van der Waals surface area contributed by atoms with Gasteiger partial charge in [-0.25, -0.2) is 0 Å². The fourth-order valence-electron chi connectivity index (χ4n) is 2.04. The van der Waals surface area contributed by atoms with Crippen molar-refractivity contribution in [3.05, 3.63) is 50.6 Å². The molecule has 1 aromatic carbocycles. The van der Waals surface area contributed by atoms with Crippen molar-refractivity contribution in [1.29, 1.82) is 0 Å². The summed E-state index contributed by atoms with van der Waals surface area (Å²) in [4.78, 5) is 2.71. The Bertz CT molecular complexity index is 524. The maximum atomic E-state index is 3.67. The maximum absolute atomic E-state index is 3.67. The van der Waals surface area contributed by atoms with Gasteiger partial charge in [-0.1, -0.05) is 25.1 Å². The van der Waals surface area contributed by atoms with Crippen molar-refractivity contribution in [3.63, 3.8) is 0 Å². The third-order valence-corrected chi connectivity index (χ3v) is 5.43. The minimum atomic E-state index is 0.292. The van der Waals surface area contributed by atoms with Gasteiger partial charge in [-0.15, -0.1) is 23.1 Å². The van der Waals surface area contributed by atoms with Gasteiger partial charge in [-0.05, 0) is 58.9 Å². The second-order valence-electron chi connectivity index (χ2n) is 4.27. The van der Waals surface area contributed by atoms with Crippen LogP contribution in [-0.4, -0.2) is 12.8 Å². The van der Waals surface area contributed by atoms with E-state index in [-0.39, 0.29) is 0 Å². The molecule has 0 fully saturated rings. The lowest BCUT2D eigenvalue weighted by Gasteiger charge is -2.20. The first-order valence-electron chi connectivity index (χ1n) is 6.37. The van der Waals surface area contributed by atoms with Gasteiger partial charge in [0.15, 0.2) is 0 Å². The third-order valence-electron chi connectivity index (χ3n) is 2.93. The largest absolute Gasteiger partial charge is 0.306 e. The van der Waals surface area contributed by atoms with Crippen LogP contribution < -0.4 is 5.32 Å².